The summed E-state index contributed by atoms with van der Waals surface area (Å²) in [6, 6.07) is -0.310. The van der Waals surface area contributed by atoms with Crippen LogP contribution in [0.15, 0.2) is 0 Å². The molecule has 2 unspecified atom stereocenters. The summed E-state index contributed by atoms with van der Waals surface area (Å²) < 4.78 is 10.7. The Kier molecular flexibility index (Phi) is 4.09. The highest BCUT2D eigenvalue weighted by atomic mass is 16.7. The van der Waals surface area contributed by atoms with Gasteiger partial charge in [-0.25, -0.2) is 0 Å². The van der Waals surface area contributed by atoms with E-state index in [4.69, 9.17) is 21.6 Å². The molecule has 0 saturated carbocycles. The number of terminal acetylenes is 1. The van der Waals surface area contributed by atoms with Gasteiger partial charge in [-0.2, -0.15) is 0 Å². The molecule has 3 heteroatoms. The van der Waals surface area contributed by atoms with Crippen LogP contribution < -0.4 is 5.73 Å². The normalized spacial score (nSPS) is 26.2. The van der Waals surface area contributed by atoms with Gasteiger partial charge in [0, 0.05) is 6.61 Å². The molecule has 2 N–H and O–H groups in total. The predicted molar refractivity (Wildman–Crippen MR) is 46.4 cm³/mol. The fourth-order valence-electron chi connectivity index (χ4n) is 1.10. The van der Waals surface area contributed by atoms with Crippen LogP contribution in [-0.4, -0.2) is 25.5 Å². The second kappa shape index (κ2) is 5.15. The van der Waals surface area contributed by atoms with Crippen LogP contribution in [0.25, 0.3) is 0 Å². The molecule has 12 heavy (non-hydrogen) atoms. The predicted octanol–water partition coefficient (Wildman–Crippen LogP) is 0.490. The lowest BCUT2D eigenvalue weighted by Gasteiger charge is -2.23. The van der Waals surface area contributed by atoms with E-state index in [0.717, 1.165) is 25.9 Å². The number of rotatable bonds is 3. The quantitative estimate of drug-likeness (QED) is 0.625. The molecule has 1 heterocycles. The Morgan fingerprint density at radius 1 is 1.67 bits per heavy atom. The van der Waals surface area contributed by atoms with Gasteiger partial charge in [0.05, 0.1) is 12.6 Å². The van der Waals surface area contributed by atoms with Gasteiger partial charge in [0.15, 0.2) is 6.29 Å². The first-order chi connectivity index (χ1) is 5.83. The molecule has 0 spiro atoms. The Morgan fingerprint density at radius 2 is 2.50 bits per heavy atom. The molecule has 1 fully saturated rings. The molecule has 1 aliphatic rings. The first-order valence-corrected chi connectivity index (χ1v) is 4.28. The van der Waals surface area contributed by atoms with Gasteiger partial charge in [-0.3, -0.25) is 0 Å². The van der Waals surface area contributed by atoms with E-state index in [-0.39, 0.29) is 12.3 Å². The zero-order valence-corrected chi connectivity index (χ0v) is 7.16. The zero-order valence-electron chi connectivity index (χ0n) is 7.16. The van der Waals surface area contributed by atoms with Crippen LogP contribution >= 0.6 is 0 Å². The van der Waals surface area contributed by atoms with Gasteiger partial charge in [-0.1, -0.05) is 5.92 Å². The number of hydrogen-bond donors (Lipinski definition) is 1. The van der Waals surface area contributed by atoms with Gasteiger partial charge in [0.2, 0.25) is 0 Å². The third-order valence-electron chi connectivity index (χ3n) is 1.81. The minimum absolute atomic E-state index is 0.0850. The summed E-state index contributed by atoms with van der Waals surface area (Å²) in [5, 5.41) is 0. The molecule has 0 aromatic rings. The Bertz CT molecular complexity index is 158. The summed E-state index contributed by atoms with van der Waals surface area (Å²) in [6.07, 6.45) is 8.25. The molecule has 1 rings (SSSR count). The fourth-order valence-corrected chi connectivity index (χ4v) is 1.10. The van der Waals surface area contributed by atoms with E-state index in [0.29, 0.717) is 6.61 Å². The van der Waals surface area contributed by atoms with E-state index in [1.54, 1.807) is 0 Å². The van der Waals surface area contributed by atoms with E-state index in [2.05, 4.69) is 5.92 Å². The molecule has 68 valence electrons. The van der Waals surface area contributed by atoms with Crippen molar-refractivity contribution in [1.29, 1.82) is 0 Å². The van der Waals surface area contributed by atoms with Crippen LogP contribution in [0.3, 0.4) is 0 Å². The summed E-state index contributed by atoms with van der Waals surface area (Å²) in [6.45, 7) is 1.18. The van der Waals surface area contributed by atoms with Crippen LogP contribution in [-0.2, 0) is 9.47 Å². The third kappa shape index (κ3) is 3.22. The third-order valence-corrected chi connectivity index (χ3v) is 1.81. The minimum Gasteiger partial charge on any atom is -0.353 e. The summed E-state index contributed by atoms with van der Waals surface area (Å²) in [5.41, 5.74) is 5.47. The van der Waals surface area contributed by atoms with Crippen molar-refractivity contribution in [3.63, 3.8) is 0 Å². The first-order valence-electron chi connectivity index (χ1n) is 4.28. The summed E-state index contributed by atoms with van der Waals surface area (Å²) >= 11 is 0. The van der Waals surface area contributed by atoms with E-state index in [1.165, 1.54) is 0 Å². The summed E-state index contributed by atoms with van der Waals surface area (Å²) in [5.74, 6) is 2.40. The van der Waals surface area contributed by atoms with Crippen LogP contribution in [0.2, 0.25) is 0 Å². The lowest BCUT2D eigenvalue weighted by atomic mass is 10.2. The lowest BCUT2D eigenvalue weighted by Crippen LogP contribution is -2.30. The van der Waals surface area contributed by atoms with Crippen LogP contribution in [0.4, 0.5) is 0 Å². The Balaban J connectivity index is 2.10. The summed E-state index contributed by atoms with van der Waals surface area (Å²) in [7, 11) is 0. The summed E-state index contributed by atoms with van der Waals surface area (Å²) in [4.78, 5) is 0. The molecular formula is C9H15NO2. The van der Waals surface area contributed by atoms with E-state index in [1.807, 2.05) is 0 Å². The maximum absolute atomic E-state index is 5.47. The van der Waals surface area contributed by atoms with Gasteiger partial charge in [0.25, 0.3) is 0 Å². The second-order valence-electron chi connectivity index (χ2n) is 2.90. The molecule has 1 aliphatic heterocycles. The van der Waals surface area contributed by atoms with Crippen molar-refractivity contribution in [3.8, 4) is 12.3 Å². The highest BCUT2D eigenvalue weighted by Crippen LogP contribution is 2.13. The van der Waals surface area contributed by atoms with Gasteiger partial charge in [-0.15, -0.1) is 6.42 Å². The van der Waals surface area contributed by atoms with Crippen molar-refractivity contribution in [2.45, 2.75) is 31.6 Å². The second-order valence-corrected chi connectivity index (χ2v) is 2.90. The molecule has 0 aromatic heterocycles. The van der Waals surface area contributed by atoms with E-state index in [9.17, 15) is 0 Å². The number of hydrogen-bond acceptors (Lipinski definition) is 3. The number of ether oxygens (including phenoxy) is 2. The Morgan fingerprint density at radius 3 is 3.08 bits per heavy atom. The van der Waals surface area contributed by atoms with Crippen molar-refractivity contribution in [2.24, 2.45) is 5.73 Å². The molecule has 0 radical (unpaired) electrons. The molecule has 2 atom stereocenters. The van der Waals surface area contributed by atoms with E-state index < -0.39 is 0 Å². The largest absolute Gasteiger partial charge is 0.353 e. The van der Waals surface area contributed by atoms with E-state index >= 15 is 0 Å². The van der Waals surface area contributed by atoms with Crippen molar-refractivity contribution in [2.75, 3.05) is 13.2 Å². The topological polar surface area (TPSA) is 44.5 Å². The Labute approximate surface area is 73.2 Å². The maximum atomic E-state index is 5.47. The highest BCUT2D eigenvalue weighted by Gasteiger charge is 2.14. The van der Waals surface area contributed by atoms with Crippen molar-refractivity contribution in [1.82, 2.24) is 0 Å². The molecule has 0 amide bonds. The van der Waals surface area contributed by atoms with Gasteiger partial charge in [-0.05, 0) is 19.3 Å². The fraction of sp³-hybridized carbons (Fsp3) is 0.778. The minimum atomic E-state index is -0.310. The molecule has 0 aliphatic carbocycles. The van der Waals surface area contributed by atoms with Crippen LogP contribution in [0, 0.1) is 12.3 Å². The van der Waals surface area contributed by atoms with Gasteiger partial charge in [0.1, 0.15) is 0 Å². The lowest BCUT2D eigenvalue weighted by molar-refractivity contribution is -0.162. The smallest absolute Gasteiger partial charge is 0.157 e. The van der Waals surface area contributed by atoms with Crippen molar-refractivity contribution >= 4 is 0 Å². The van der Waals surface area contributed by atoms with Crippen molar-refractivity contribution in [3.05, 3.63) is 0 Å². The standard InChI is InChI=1S/C9H15NO2/c1-2-8(10)7-12-9-5-3-4-6-11-9/h1,8-9H,3-7,10H2. The Hall–Kier alpha value is -0.560. The zero-order chi connectivity index (χ0) is 8.81. The molecule has 1 saturated heterocycles. The molecule has 0 aromatic carbocycles. The average Bonchev–Trinajstić information content (AvgIpc) is 2.16. The molecular weight excluding hydrogens is 154 g/mol. The van der Waals surface area contributed by atoms with Crippen LogP contribution in [0.1, 0.15) is 19.3 Å². The molecule has 3 nitrogen and oxygen atoms in total. The number of nitrogens with two attached hydrogens (primary N) is 1. The van der Waals surface area contributed by atoms with Crippen molar-refractivity contribution < 1.29 is 9.47 Å². The SMILES string of the molecule is C#CC(N)COC1CCCCO1. The average molecular weight is 169 g/mol. The highest BCUT2D eigenvalue weighted by molar-refractivity contribution is 4.96. The van der Waals surface area contributed by atoms with Crippen LogP contribution in [0.5, 0.6) is 0 Å². The first kappa shape index (κ1) is 9.53. The maximum Gasteiger partial charge on any atom is 0.157 e. The van der Waals surface area contributed by atoms with Gasteiger partial charge < -0.3 is 15.2 Å². The molecule has 0 bridgehead atoms. The van der Waals surface area contributed by atoms with Gasteiger partial charge >= 0.3 is 0 Å². The monoisotopic (exact) mass is 169 g/mol.